The molecule has 0 aromatic heterocycles. The number of hydrogen-bond donors (Lipinski definition) is 0. The van der Waals surface area contributed by atoms with Gasteiger partial charge in [-0.3, -0.25) is 4.79 Å². The van der Waals surface area contributed by atoms with Crippen LogP contribution in [0.5, 0.6) is 0 Å². The maximum Gasteiger partial charge on any atom is 0.419 e. The molecule has 1 rings (SSSR count). The third-order valence-corrected chi connectivity index (χ3v) is 3.73. The molecule has 116 valence electrons. The summed E-state index contributed by atoms with van der Waals surface area (Å²) in [7, 11) is 0. The number of nitrogens with zero attached hydrogens (tertiary/aromatic N) is 1. The molecule has 0 amide bonds. The van der Waals surface area contributed by atoms with Crippen molar-refractivity contribution >= 4 is 33.5 Å². The topological polar surface area (TPSA) is 20.3 Å². The van der Waals surface area contributed by atoms with Crippen molar-refractivity contribution in [3.8, 4) is 0 Å². The van der Waals surface area contributed by atoms with E-state index in [9.17, 15) is 18.0 Å². The number of hydrogen-bond acceptors (Lipinski definition) is 2. The largest absolute Gasteiger partial charge is 0.419 e. The van der Waals surface area contributed by atoms with Crippen molar-refractivity contribution in [1.82, 2.24) is 0 Å². The monoisotopic (exact) mass is 363 g/mol. The molecule has 6 heteroatoms. The van der Waals surface area contributed by atoms with Crippen LogP contribution in [-0.4, -0.2) is 24.2 Å². The highest BCUT2D eigenvalue weighted by Gasteiger charge is 2.39. The van der Waals surface area contributed by atoms with Crippen LogP contribution in [0.3, 0.4) is 0 Å². The molecule has 0 heterocycles. The molecular weight excluding hydrogens is 347 g/mol. The van der Waals surface area contributed by atoms with Crippen LogP contribution in [0.25, 0.3) is 6.08 Å². The number of Topliss-reactive ketones (excluding diaryl/α,β-unsaturated/α-hetero) is 1. The molecule has 0 unspecified atom stereocenters. The quantitative estimate of drug-likeness (QED) is 0.535. The highest BCUT2D eigenvalue weighted by atomic mass is 79.9. The molecule has 0 fully saturated rings. The standard InChI is InChI=1S/C15H17BrF3NO/c1-4-10-7-8-11(20(5-2)6-3)14(15(17,18)19)13(10)12(21)9-16/h4,7-8H,1,5-6,9H2,2-3H3. The summed E-state index contributed by atoms with van der Waals surface area (Å²) in [6.07, 6.45) is -3.33. The highest BCUT2D eigenvalue weighted by molar-refractivity contribution is 9.09. The van der Waals surface area contributed by atoms with E-state index in [2.05, 4.69) is 22.5 Å². The van der Waals surface area contributed by atoms with Crippen molar-refractivity contribution in [3.63, 3.8) is 0 Å². The number of carbonyl (C=O) groups excluding carboxylic acids is 1. The van der Waals surface area contributed by atoms with E-state index in [1.54, 1.807) is 18.7 Å². The lowest BCUT2D eigenvalue weighted by molar-refractivity contribution is -0.137. The van der Waals surface area contributed by atoms with E-state index < -0.39 is 17.5 Å². The molecule has 0 saturated heterocycles. The Morgan fingerprint density at radius 1 is 1.33 bits per heavy atom. The fraction of sp³-hybridized carbons (Fsp3) is 0.400. The summed E-state index contributed by atoms with van der Waals surface area (Å²) in [5, 5.41) is -0.168. The number of carbonyl (C=O) groups is 1. The maximum absolute atomic E-state index is 13.5. The molecule has 1 aromatic rings. The molecule has 0 N–H and O–H groups in total. The predicted octanol–water partition coefficient (Wildman–Crippen LogP) is 4.77. The number of alkyl halides is 4. The zero-order valence-electron chi connectivity index (χ0n) is 11.9. The van der Waals surface area contributed by atoms with Crippen LogP contribution in [0.2, 0.25) is 0 Å². The Morgan fingerprint density at radius 3 is 2.29 bits per heavy atom. The summed E-state index contributed by atoms with van der Waals surface area (Å²) in [6.45, 7) is 7.90. The van der Waals surface area contributed by atoms with Crippen molar-refractivity contribution in [3.05, 3.63) is 35.4 Å². The lowest BCUT2D eigenvalue weighted by atomic mass is 9.95. The molecule has 21 heavy (non-hydrogen) atoms. The lowest BCUT2D eigenvalue weighted by Gasteiger charge is -2.27. The summed E-state index contributed by atoms with van der Waals surface area (Å²) < 4.78 is 40.6. The van der Waals surface area contributed by atoms with Crippen LogP contribution < -0.4 is 4.90 Å². The minimum absolute atomic E-state index is 0.0300. The molecule has 0 atom stereocenters. The van der Waals surface area contributed by atoms with Gasteiger partial charge in [0.25, 0.3) is 0 Å². The van der Waals surface area contributed by atoms with Crippen molar-refractivity contribution < 1.29 is 18.0 Å². The van der Waals surface area contributed by atoms with Gasteiger partial charge in [-0.25, -0.2) is 0 Å². The molecule has 0 saturated carbocycles. The first-order valence-electron chi connectivity index (χ1n) is 6.52. The van der Waals surface area contributed by atoms with Gasteiger partial charge in [0, 0.05) is 24.3 Å². The van der Waals surface area contributed by atoms with E-state index in [1.807, 2.05) is 0 Å². The van der Waals surface area contributed by atoms with Gasteiger partial charge in [-0.2, -0.15) is 13.2 Å². The number of ketones is 1. The Labute approximate surface area is 130 Å². The van der Waals surface area contributed by atoms with Gasteiger partial charge in [-0.15, -0.1) is 0 Å². The highest BCUT2D eigenvalue weighted by Crippen LogP contribution is 2.41. The van der Waals surface area contributed by atoms with E-state index in [0.29, 0.717) is 13.1 Å². The first kappa shape index (κ1) is 17.8. The Hall–Kier alpha value is -1.30. The first-order chi connectivity index (χ1) is 9.81. The van der Waals surface area contributed by atoms with Crippen LogP contribution >= 0.6 is 15.9 Å². The molecule has 0 bridgehead atoms. The molecular formula is C15H17BrF3NO. The van der Waals surface area contributed by atoms with Gasteiger partial charge in [0.15, 0.2) is 5.78 Å². The van der Waals surface area contributed by atoms with Crippen LogP contribution in [-0.2, 0) is 6.18 Å². The third kappa shape index (κ3) is 3.67. The van der Waals surface area contributed by atoms with Gasteiger partial charge in [-0.1, -0.05) is 34.7 Å². The number of rotatable bonds is 6. The number of halogens is 4. The van der Waals surface area contributed by atoms with Crippen molar-refractivity contribution in [2.75, 3.05) is 23.3 Å². The Morgan fingerprint density at radius 2 is 1.90 bits per heavy atom. The summed E-state index contributed by atoms with van der Waals surface area (Å²) in [6, 6.07) is 2.91. The summed E-state index contributed by atoms with van der Waals surface area (Å²) in [5.41, 5.74) is -0.975. The van der Waals surface area contributed by atoms with Crippen molar-refractivity contribution in [2.24, 2.45) is 0 Å². The van der Waals surface area contributed by atoms with E-state index in [-0.39, 0.29) is 22.1 Å². The number of anilines is 1. The van der Waals surface area contributed by atoms with Crippen LogP contribution in [0, 0.1) is 0 Å². The molecule has 1 aromatic carbocycles. The molecule has 0 aliphatic rings. The van der Waals surface area contributed by atoms with Gasteiger partial charge in [0.2, 0.25) is 0 Å². The first-order valence-corrected chi connectivity index (χ1v) is 7.64. The second kappa shape index (κ2) is 7.11. The summed E-state index contributed by atoms with van der Waals surface area (Å²) in [5.74, 6) is -0.605. The third-order valence-electron chi connectivity index (χ3n) is 3.22. The smallest absolute Gasteiger partial charge is 0.372 e. The Balaban J connectivity index is 3.76. The zero-order chi connectivity index (χ0) is 16.2. The average molecular weight is 364 g/mol. The van der Waals surface area contributed by atoms with Gasteiger partial charge in [-0.05, 0) is 25.5 Å². The zero-order valence-corrected chi connectivity index (χ0v) is 13.5. The van der Waals surface area contributed by atoms with Crippen LogP contribution in [0.15, 0.2) is 18.7 Å². The minimum Gasteiger partial charge on any atom is -0.372 e. The van der Waals surface area contributed by atoms with Gasteiger partial charge in [0.1, 0.15) is 0 Å². The van der Waals surface area contributed by atoms with Crippen LogP contribution in [0.4, 0.5) is 18.9 Å². The molecule has 2 nitrogen and oxygen atoms in total. The van der Waals surface area contributed by atoms with E-state index >= 15 is 0 Å². The molecule has 0 spiro atoms. The normalized spacial score (nSPS) is 11.3. The molecule has 0 radical (unpaired) electrons. The van der Waals surface area contributed by atoms with Gasteiger partial charge < -0.3 is 4.90 Å². The van der Waals surface area contributed by atoms with Crippen molar-refractivity contribution in [1.29, 1.82) is 0 Å². The van der Waals surface area contributed by atoms with Gasteiger partial charge >= 0.3 is 6.18 Å². The van der Waals surface area contributed by atoms with Crippen molar-refractivity contribution in [2.45, 2.75) is 20.0 Å². The van der Waals surface area contributed by atoms with E-state index in [0.717, 1.165) is 0 Å². The van der Waals surface area contributed by atoms with Gasteiger partial charge in [0.05, 0.1) is 10.9 Å². The second-order valence-corrected chi connectivity index (χ2v) is 4.92. The number of benzene rings is 1. The van der Waals surface area contributed by atoms with Crippen LogP contribution in [0.1, 0.15) is 35.3 Å². The SMILES string of the molecule is C=Cc1ccc(N(CC)CC)c(C(F)(F)F)c1C(=O)CBr. The average Bonchev–Trinajstić information content (AvgIpc) is 2.45. The maximum atomic E-state index is 13.5. The van der Waals surface area contributed by atoms with E-state index in [4.69, 9.17) is 0 Å². The van der Waals surface area contributed by atoms with E-state index in [1.165, 1.54) is 18.2 Å². The fourth-order valence-electron chi connectivity index (χ4n) is 2.26. The second-order valence-electron chi connectivity index (χ2n) is 4.35. The summed E-state index contributed by atoms with van der Waals surface area (Å²) in [4.78, 5) is 13.6. The summed E-state index contributed by atoms with van der Waals surface area (Å²) >= 11 is 2.95. The molecule has 0 aliphatic heterocycles. The Bertz CT molecular complexity index is 536. The molecule has 0 aliphatic carbocycles. The Kier molecular flexibility index (Phi) is 6.01. The minimum atomic E-state index is -4.61. The lowest BCUT2D eigenvalue weighted by Crippen LogP contribution is -2.27. The fourth-order valence-corrected chi connectivity index (χ4v) is 2.54. The predicted molar refractivity (Wildman–Crippen MR) is 83.2 cm³/mol.